The summed E-state index contributed by atoms with van der Waals surface area (Å²) in [7, 11) is 0. The second kappa shape index (κ2) is 7.43. The third-order valence-corrected chi connectivity index (χ3v) is 3.54. The van der Waals surface area contributed by atoms with Crippen molar-refractivity contribution in [3.05, 3.63) is 53.0 Å². The van der Waals surface area contributed by atoms with Crippen LogP contribution in [-0.2, 0) is 6.54 Å². The van der Waals surface area contributed by atoms with Crippen LogP contribution in [0.5, 0.6) is 0 Å². The summed E-state index contributed by atoms with van der Waals surface area (Å²) in [5.74, 6) is 0. The van der Waals surface area contributed by atoms with Crippen molar-refractivity contribution in [3.8, 4) is 0 Å². The molecule has 2 rings (SSSR count). The van der Waals surface area contributed by atoms with E-state index in [0.29, 0.717) is 6.42 Å². The van der Waals surface area contributed by atoms with Crippen molar-refractivity contribution in [2.45, 2.75) is 19.0 Å². The fourth-order valence-corrected chi connectivity index (χ4v) is 2.26. The SMILES string of the molecule is OCCC(NCCn1ccnc1)c1ccc(Br)cc1. The van der Waals surface area contributed by atoms with Gasteiger partial charge in [-0.05, 0) is 24.1 Å². The van der Waals surface area contributed by atoms with Crippen LogP contribution < -0.4 is 5.32 Å². The van der Waals surface area contributed by atoms with Gasteiger partial charge in [-0.3, -0.25) is 0 Å². The molecule has 19 heavy (non-hydrogen) atoms. The Morgan fingerprint density at radius 3 is 2.74 bits per heavy atom. The summed E-state index contributed by atoms with van der Waals surface area (Å²) in [5.41, 5.74) is 1.20. The number of nitrogens with zero attached hydrogens (tertiary/aromatic N) is 2. The highest BCUT2D eigenvalue weighted by atomic mass is 79.9. The molecule has 0 aliphatic carbocycles. The Bertz CT molecular complexity index is 470. The molecule has 0 saturated heterocycles. The second-order valence-electron chi connectivity index (χ2n) is 4.37. The molecule has 4 nitrogen and oxygen atoms in total. The van der Waals surface area contributed by atoms with Gasteiger partial charge in [-0.15, -0.1) is 0 Å². The van der Waals surface area contributed by atoms with Gasteiger partial charge in [0.2, 0.25) is 0 Å². The van der Waals surface area contributed by atoms with Crippen molar-refractivity contribution < 1.29 is 5.11 Å². The highest BCUT2D eigenvalue weighted by Crippen LogP contribution is 2.19. The van der Waals surface area contributed by atoms with Gasteiger partial charge >= 0.3 is 0 Å². The average molecular weight is 324 g/mol. The Balaban J connectivity index is 1.90. The summed E-state index contributed by atoms with van der Waals surface area (Å²) >= 11 is 3.43. The van der Waals surface area contributed by atoms with E-state index < -0.39 is 0 Å². The molecule has 5 heteroatoms. The molecule has 0 amide bonds. The monoisotopic (exact) mass is 323 g/mol. The standard InChI is InChI=1S/C14H18BrN3O/c15-13-3-1-12(2-4-13)14(5-10-19)17-7-9-18-8-6-16-11-18/h1-4,6,8,11,14,17,19H,5,7,9-10H2. The molecule has 0 spiro atoms. The third-order valence-electron chi connectivity index (χ3n) is 3.01. The van der Waals surface area contributed by atoms with Crippen LogP contribution in [0.1, 0.15) is 18.0 Å². The molecule has 102 valence electrons. The van der Waals surface area contributed by atoms with Gasteiger partial charge in [0.05, 0.1) is 6.33 Å². The Kier molecular flexibility index (Phi) is 5.57. The summed E-state index contributed by atoms with van der Waals surface area (Å²) in [6.45, 7) is 1.90. The van der Waals surface area contributed by atoms with Crippen molar-refractivity contribution in [2.75, 3.05) is 13.2 Å². The largest absolute Gasteiger partial charge is 0.396 e. The summed E-state index contributed by atoms with van der Waals surface area (Å²) in [6, 6.07) is 8.39. The molecule has 2 N–H and O–H groups in total. The van der Waals surface area contributed by atoms with E-state index in [2.05, 4.69) is 38.4 Å². The number of rotatable bonds is 7. The number of hydrogen-bond acceptors (Lipinski definition) is 3. The lowest BCUT2D eigenvalue weighted by molar-refractivity contribution is 0.265. The Hall–Kier alpha value is -1.17. The van der Waals surface area contributed by atoms with Crippen molar-refractivity contribution >= 4 is 15.9 Å². The molecule has 0 saturated carbocycles. The van der Waals surface area contributed by atoms with E-state index in [9.17, 15) is 5.11 Å². The minimum Gasteiger partial charge on any atom is -0.396 e. The van der Waals surface area contributed by atoms with Crippen LogP contribution in [0.3, 0.4) is 0 Å². The first-order valence-electron chi connectivity index (χ1n) is 6.35. The topological polar surface area (TPSA) is 50.1 Å². The molecule has 1 aromatic heterocycles. The van der Waals surface area contributed by atoms with Crippen LogP contribution in [0.25, 0.3) is 0 Å². The van der Waals surface area contributed by atoms with E-state index in [-0.39, 0.29) is 12.6 Å². The summed E-state index contributed by atoms with van der Waals surface area (Å²) in [6.07, 6.45) is 6.25. The quantitative estimate of drug-likeness (QED) is 0.822. The van der Waals surface area contributed by atoms with Crippen molar-refractivity contribution in [1.82, 2.24) is 14.9 Å². The molecule has 0 aliphatic heterocycles. The minimum absolute atomic E-state index is 0.179. The van der Waals surface area contributed by atoms with Gasteiger partial charge in [0.25, 0.3) is 0 Å². The number of halogens is 1. The van der Waals surface area contributed by atoms with Crippen molar-refractivity contribution in [3.63, 3.8) is 0 Å². The number of aliphatic hydroxyl groups excluding tert-OH is 1. The van der Waals surface area contributed by atoms with Gasteiger partial charge < -0.3 is 15.0 Å². The summed E-state index contributed by atoms with van der Waals surface area (Å²) in [4.78, 5) is 4.01. The molecule has 1 heterocycles. The van der Waals surface area contributed by atoms with Gasteiger partial charge in [0.1, 0.15) is 0 Å². The van der Waals surface area contributed by atoms with E-state index in [0.717, 1.165) is 17.6 Å². The van der Waals surface area contributed by atoms with E-state index in [1.54, 1.807) is 6.20 Å². The maximum Gasteiger partial charge on any atom is 0.0946 e. The number of aliphatic hydroxyl groups is 1. The zero-order chi connectivity index (χ0) is 13.5. The van der Waals surface area contributed by atoms with Crippen molar-refractivity contribution in [2.24, 2.45) is 0 Å². The molecule has 1 aromatic carbocycles. The number of hydrogen-bond donors (Lipinski definition) is 2. The van der Waals surface area contributed by atoms with E-state index in [4.69, 9.17) is 0 Å². The Labute approximate surface area is 121 Å². The normalized spacial score (nSPS) is 12.5. The van der Waals surface area contributed by atoms with E-state index in [1.807, 2.05) is 29.2 Å². The number of benzene rings is 1. The third kappa shape index (κ3) is 4.45. The average Bonchev–Trinajstić information content (AvgIpc) is 2.92. The predicted octanol–water partition coefficient (Wildman–Crippen LogP) is 2.36. The highest BCUT2D eigenvalue weighted by Gasteiger charge is 2.09. The Morgan fingerprint density at radius 2 is 2.11 bits per heavy atom. The number of imidazole rings is 1. The molecule has 1 unspecified atom stereocenters. The molecule has 0 fully saturated rings. The van der Waals surface area contributed by atoms with Crippen LogP contribution in [0.2, 0.25) is 0 Å². The predicted molar refractivity (Wildman–Crippen MR) is 78.8 cm³/mol. The van der Waals surface area contributed by atoms with Gasteiger partial charge in [0.15, 0.2) is 0 Å². The smallest absolute Gasteiger partial charge is 0.0946 e. The van der Waals surface area contributed by atoms with Gasteiger partial charge in [-0.25, -0.2) is 4.98 Å². The van der Waals surface area contributed by atoms with Crippen LogP contribution in [-0.4, -0.2) is 27.8 Å². The summed E-state index contributed by atoms with van der Waals surface area (Å²) < 4.78 is 3.10. The fourth-order valence-electron chi connectivity index (χ4n) is 2.00. The van der Waals surface area contributed by atoms with Gasteiger partial charge in [-0.1, -0.05) is 28.1 Å². The Morgan fingerprint density at radius 1 is 1.32 bits per heavy atom. The molecular weight excluding hydrogens is 306 g/mol. The van der Waals surface area contributed by atoms with Crippen molar-refractivity contribution in [1.29, 1.82) is 0 Å². The second-order valence-corrected chi connectivity index (χ2v) is 5.29. The van der Waals surface area contributed by atoms with Crippen LogP contribution in [0.15, 0.2) is 47.5 Å². The van der Waals surface area contributed by atoms with E-state index in [1.165, 1.54) is 5.56 Å². The molecule has 0 aliphatic rings. The van der Waals surface area contributed by atoms with Gasteiger partial charge in [-0.2, -0.15) is 0 Å². The van der Waals surface area contributed by atoms with Gasteiger partial charge in [0, 0.05) is 42.6 Å². The first-order valence-corrected chi connectivity index (χ1v) is 7.14. The minimum atomic E-state index is 0.179. The zero-order valence-electron chi connectivity index (χ0n) is 10.7. The molecule has 1 atom stereocenters. The first-order chi connectivity index (χ1) is 9.29. The summed E-state index contributed by atoms with van der Waals surface area (Å²) in [5, 5.41) is 12.6. The lowest BCUT2D eigenvalue weighted by Crippen LogP contribution is -2.26. The first kappa shape index (κ1) is 14.2. The van der Waals surface area contributed by atoms with Crippen LogP contribution in [0.4, 0.5) is 0 Å². The van der Waals surface area contributed by atoms with E-state index >= 15 is 0 Å². The molecule has 0 bridgehead atoms. The molecular formula is C14H18BrN3O. The maximum atomic E-state index is 9.17. The van der Waals surface area contributed by atoms with Crippen LogP contribution >= 0.6 is 15.9 Å². The molecule has 0 radical (unpaired) electrons. The lowest BCUT2D eigenvalue weighted by atomic mass is 10.0. The highest BCUT2D eigenvalue weighted by molar-refractivity contribution is 9.10. The lowest BCUT2D eigenvalue weighted by Gasteiger charge is -2.18. The zero-order valence-corrected chi connectivity index (χ0v) is 12.3. The number of aromatic nitrogens is 2. The maximum absolute atomic E-state index is 9.17. The number of nitrogens with one attached hydrogen (secondary N) is 1. The van der Waals surface area contributed by atoms with Crippen LogP contribution in [0, 0.1) is 0 Å². The molecule has 2 aromatic rings. The fraction of sp³-hybridized carbons (Fsp3) is 0.357.